The summed E-state index contributed by atoms with van der Waals surface area (Å²) >= 11 is 0. The molecule has 9 aromatic rings. The Morgan fingerprint density at radius 3 is 2.10 bits per heavy atom. The summed E-state index contributed by atoms with van der Waals surface area (Å²) in [6.45, 7) is 20.6. The maximum Gasteiger partial charge on any atom is 0.128 e. The van der Waals surface area contributed by atoms with E-state index in [1.165, 1.54) is 22.3 Å². The maximum absolute atomic E-state index is 9.23. The molecule has 0 saturated carbocycles. The average molecular weight is 1030 g/mol. The van der Waals surface area contributed by atoms with Crippen molar-refractivity contribution in [3.8, 4) is 33.6 Å². The molecule has 0 aliphatic carbocycles. The van der Waals surface area contributed by atoms with Crippen molar-refractivity contribution in [1.29, 1.82) is 0 Å². The average Bonchev–Trinajstić information content (AvgIpc) is 3.67. The molecule has 0 saturated heterocycles. The Balaban J connectivity index is 0.000000350. The Morgan fingerprint density at radius 2 is 1.43 bits per heavy atom. The number of hydrogen-bond donors (Lipinski definition) is 0. The molecule has 3 aromatic heterocycles. The van der Waals surface area contributed by atoms with Crippen LogP contribution in [0.2, 0.25) is 19.6 Å². The van der Waals surface area contributed by atoms with Gasteiger partial charge in [-0.25, -0.2) is 0 Å². The molecule has 0 aliphatic heterocycles. The molecule has 63 heavy (non-hydrogen) atoms. The second-order valence-electron chi connectivity index (χ2n) is 19.8. The van der Waals surface area contributed by atoms with Gasteiger partial charge in [-0.2, -0.15) is 0 Å². The van der Waals surface area contributed by atoms with Gasteiger partial charge in [-0.15, -0.1) is 54.1 Å². The molecule has 0 N–H and O–H groups in total. The van der Waals surface area contributed by atoms with Crippen molar-refractivity contribution in [1.82, 2.24) is 9.97 Å². The van der Waals surface area contributed by atoms with E-state index in [1.807, 2.05) is 77.2 Å². The van der Waals surface area contributed by atoms with Crippen LogP contribution in [0.15, 0.2) is 132 Å². The van der Waals surface area contributed by atoms with Crippen LogP contribution in [0.1, 0.15) is 91.8 Å². The SMILES string of the molecule is C[Si](C)(C)c1ccc(-c2[c-]cccc2)nc1.[2H]c1cc(C([2H])([2H])C(C)(C)C)cc(C(C)C)c1-c1cc(-c2[c-]ccc3c2oc2c3ccc3c4ccc(C(C)(C)C)cc4ccc32)ncc1C([2H])([2H])[2H].[Ir]. The zero-order valence-electron chi connectivity index (χ0n) is 44.3. The van der Waals surface area contributed by atoms with Gasteiger partial charge in [-0.05, 0) is 96.1 Å². The summed E-state index contributed by atoms with van der Waals surface area (Å²) in [5, 5.41) is 7.68. The molecule has 0 atom stereocenters. The molecule has 5 heteroatoms. The van der Waals surface area contributed by atoms with Crippen molar-refractivity contribution in [2.45, 2.75) is 99.6 Å². The Labute approximate surface area is 398 Å². The van der Waals surface area contributed by atoms with Crippen LogP contribution in [0, 0.1) is 24.4 Å². The van der Waals surface area contributed by atoms with Crippen LogP contribution in [-0.2, 0) is 31.9 Å². The number of fused-ring (bicyclic) bond motifs is 7. The minimum Gasteiger partial charge on any atom is -0.500 e. The first-order valence-corrected chi connectivity index (χ1v) is 25.1. The third-order valence-corrected chi connectivity index (χ3v) is 13.5. The fourth-order valence-corrected chi connectivity index (χ4v) is 9.09. The van der Waals surface area contributed by atoms with E-state index >= 15 is 0 Å². The topological polar surface area (TPSA) is 38.9 Å². The van der Waals surface area contributed by atoms with Crippen LogP contribution in [0.25, 0.3) is 77.1 Å². The number of nitrogens with zero attached hydrogens (tertiary/aromatic N) is 2. The summed E-state index contributed by atoms with van der Waals surface area (Å²) in [5.41, 5.74) is 7.04. The molecular weight excluding hydrogens is 961 g/mol. The number of benzene rings is 6. The van der Waals surface area contributed by atoms with E-state index in [2.05, 4.69) is 117 Å². The molecular formula is C58H60IrN2OSi-2. The molecule has 0 fully saturated rings. The van der Waals surface area contributed by atoms with Gasteiger partial charge in [0.05, 0.1) is 15.0 Å². The van der Waals surface area contributed by atoms with Gasteiger partial charge in [0.15, 0.2) is 0 Å². The Kier molecular flexibility index (Phi) is 10.8. The van der Waals surface area contributed by atoms with E-state index in [-0.39, 0.29) is 43.0 Å². The molecule has 3 nitrogen and oxygen atoms in total. The predicted octanol–water partition coefficient (Wildman–Crippen LogP) is 15.8. The number of pyridine rings is 2. The summed E-state index contributed by atoms with van der Waals surface area (Å²) in [7, 11) is -1.23. The first-order chi connectivity index (χ1) is 31.8. The fraction of sp³-hybridized carbons (Fsp3) is 0.276. The normalized spacial score (nSPS) is 14.0. The standard InChI is InChI=1S/C44H44NO.C14H16NSi.Ir/c1-26(2)38-21-28(24-43(4,5)6)13-16-33(38)39-23-40(45-25-27(39)3)37-12-10-11-34-36-20-19-32-31-18-15-30(44(7,8)9)22-29(31)14-17-35(32)41(36)46-42(34)37;1-16(2,3)13-9-10-14(15-11-13)12-7-5-4-6-8-12;/h10-11,13-23,25-26H,24H2,1-9H3;4-7,9-11H,1-3H3;/q2*-1;/i3D3,16D,24D2;;. The number of aromatic nitrogens is 2. The number of rotatable bonds is 6. The number of aryl methyl sites for hydroxylation is 1. The third-order valence-electron chi connectivity index (χ3n) is 11.4. The summed E-state index contributed by atoms with van der Waals surface area (Å²) in [6.07, 6.45) is 1.67. The molecule has 3 heterocycles. The molecule has 9 rings (SSSR count). The molecule has 0 aliphatic rings. The van der Waals surface area contributed by atoms with Gasteiger partial charge in [0.2, 0.25) is 0 Å². The van der Waals surface area contributed by atoms with Crippen LogP contribution >= 0.6 is 0 Å². The Morgan fingerprint density at radius 1 is 0.714 bits per heavy atom. The molecule has 6 aromatic carbocycles. The molecule has 0 spiro atoms. The first-order valence-electron chi connectivity index (χ1n) is 24.6. The molecule has 1 radical (unpaired) electrons. The fourth-order valence-electron chi connectivity index (χ4n) is 8.06. The van der Waals surface area contributed by atoms with Crippen molar-refractivity contribution in [3.63, 3.8) is 0 Å². The minimum absolute atomic E-state index is 0. The smallest absolute Gasteiger partial charge is 0.128 e. The van der Waals surface area contributed by atoms with Gasteiger partial charge in [-0.3, -0.25) is 0 Å². The van der Waals surface area contributed by atoms with Crippen molar-refractivity contribution in [3.05, 3.63) is 162 Å². The number of furan rings is 1. The zero-order valence-corrected chi connectivity index (χ0v) is 41.7. The van der Waals surface area contributed by atoms with Crippen LogP contribution in [0.3, 0.4) is 0 Å². The summed E-state index contributed by atoms with van der Waals surface area (Å²) < 4.78 is 59.1. The van der Waals surface area contributed by atoms with Gasteiger partial charge in [0.1, 0.15) is 5.58 Å². The van der Waals surface area contributed by atoms with Crippen molar-refractivity contribution in [2.75, 3.05) is 0 Å². The van der Waals surface area contributed by atoms with Crippen molar-refractivity contribution in [2.24, 2.45) is 5.41 Å². The monoisotopic (exact) mass is 1030 g/mol. The van der Waals surface area contributed by atoms with E-state index in [9.17, 15) is 1.37 Å². The van der Waals surface area contributed by atoms with E-state index in [0.717, 1.165) is 43.8 Å². The van der Waals surface area contributed by atoms with E-state index in [1.54, 1.807) is 18.2 Å². The minimum atomic E-state index is -2.51. The van der Waals surface area contributed by atoms with E-state index in [4.69, 9.17) is 11.3 Å². The van der Waals surface area contributed by atoms with Gasteiger partial charge in [0.25, 0.3) is 0 Å². The van der Waals surface area contributed by atoms with Gasteiger partial charge in [0, 0.05) is 50.1 Å². The second-order valence-corrected chi connectivity index (χ2v) is 24.9. The van der Waals surface area contributed by atoms with Crippen molar-refractivity contribution < 1.29 is 32.7 Å². The van der Waals surface area contributed by atoms with Crippen LogP contribution in [0.5, 0.6) is 0 Å². The Hall–Kier alpha value is -5.19. The quantitative estimate of drug-likeness (QED) is 0.0946. The summed E-state index contributed by atoms with van der Waals surface area (Å²) in [4.78, 5) is 9.19. The van der Waals surface area contributed by atoms with E-state index < -0.39 is 26.7 Å². The van der Waals surface area contributed by atoms with Gasteiger partial charge < -0.3 is 14.4 Å². The second kappa shape index (κ2) is 17.8. The van der Waals surface area contributed by atoms with Gasteiger partial charge in [-0.1, -0.05) is 165 Å². The first kappa shape index (κ1) is 38.3. The molecule has 0 amide bonds. The van der Waals surface area contributed by atoms with Crippen molar-refractivity contribution >= 4 is 56.7 Å². The summed E-state index contributed by atoms with van der Waals surface area (Å²) in [6, 6.07) is 42.9. The molecule has 323 valence electrons. The van der Waals surface area contributed by atoms with Crippen LogP contribution < -0.4 is 5.19 Å². The third kappa shape index (κ3) is 9.67. The number of hydrogen-bond acceptors (Lipinski definition) is 3. The predicted molar refractivity (Wildman–Crippen MR) is 268 cm³/mol. The molecule has 0 unspecified atom stereocenters. The largest absolute Gasteiger partial charge is 0.500 e. The molecule has 0 bridgehead atoms. The Bertz CT molecular complexity index is 3340. The van der Waals surface area contributed by atoms with Crippen LogP contribution in [-0.4, -0.2) is 18.0 Å². The van der Waals surface area contributed by atoms with E-state index in [0.29, 0.717) is 39.1 Å². The zero-order chi connectivity index (χ0) is 49.3. The van der Waals surface area contributed by atoms with Gasteiger partial charge >= 0.3 is 0 Å². The maximum atomic E-state index is 9.23. The van der Waals surface area contributed by atoms with Crippen LogP contribution in [0.4, 0.5) is 0 Å². The summed E-state index contributed by atoms with van der Waals surface area (Å²) in [5.74, 6) is -0.120.